The van der Waals surface area contributed by atoms with E-state index >= 15 is 0 Å². The van der Waals surface area contributed by atoms with E-state index in [1.165, 1.54) is 0 Å². The molecule has 2 aromatic heterocycles. The molecule has 0 atom stereocenters. The Hall–Kier alpha value is -4.11. The highest BCUT2D eigenvalue weighted by molar-refractivity contribution is 5.95. The summed E-state index contributed by atoms with van der Waals surface area (Å²) in [5, 5.41) is 12.5. The molecule has 0 radical (unpaired) electrons. The van der Waals surface area contributed by atoms with Crippen molar-refractivity contribution in [2.75, 3.05) is 0 Å². The normalized spacial score (nSPS) is 10.5. The maximum Gasteiger partial charge on any atom is 0.270 e. The zero-order valence-electron chi connectivity index (χ0n) is 15.7. The number of hydrogen-bond donors (Lipinski definition) is 1. The molecule has 142 valence electrons. The number of hydrogen-bond acceptors (Lipinski definition) is 5. The second-order valence-corrected chi connectivity index (χ2v) is 6.48. The molecule has 2 heterocycles. The Labute approximate surface area is 167 Å². The topological polar surface area (TPSA) is 88.1 Å². The third kappa shape index (κ3) is 4.25. The van der Waals surface area contributed by atoms with E-state index < -0.39 is 0 Å². The monoisotopic (exact) mass is 383 g/mol. The number of aryl methyl sites for hydroxylation is 1. The van der Waals surface area contributed by atoms with Crippen LogP contribution in [0.3, 0.4) is 0 Å². The number of carbonyl (C=O) groups excluding carboxylic acids is 1. The molecule has 1 amide bonds. The Morgan fingerprint density at radius 1 is 1.07 bits per heavy atom. The van der Waals surface area contributed by atoms with Crippen molar-refractivity contribution in [3.8, 4) is 17.6 Å². The molecule has 29 heavy (non-hydrogen) atoms. The van der Waals surface area contributed by atoms with Gasteiger partial charge in [0.1, 0.15) is 28.7 Å². The number of amides is 1. The predicted octanol–water partition coefficient (Wildman–Crippen LogP) is 4.73. The van der Waals surface area contributed by atoms with Crippen molar-refractivity contribution in [1.29, 1.82) is 5.26 Å². The van der Waals surface area contributed by atoms with E-state index in [9.17, 15) is 4.79 Å². The molecule has 0 saturated heterocycles. The van der Waals surface area contributed by atoms with Crippen LogP contribution in [-0.4, -0.2) is 10.9 Å². The Kier molecular flexibility index (Phi) is 4.95. The van der Waals surface area contributed by atoms with E-state index in [0.717, 1.165) is 11.1 Å². The van der Waals surface area contributed by atoms with E-state index in [-0.39, 0.29) is 5.91 Å². The average molecular weight is 383 g/mol. The molecule has 0 saturated carbocycles. The number of pyridine rings is 1. The third-order valence-electron chi connectivity index (χ3n) is 4.33. The lowest BCUT2D eigenvalue weighted by atomic mass is 10.2. The van der Waals surface area contributed by atoms with Gasteiger partial charge in [-0.05, 0) is 67.6 Å². The highest BCUT2D eigenvalue weighted by atomic mass is 16.5. The quantitative estimate of drug-likeness (QED) is 0.538. The number of carbonyl (C=O) groups is 1. The minimum atomic E-state index is -0.265. The number of nitrogens with one attached hydrogen (secondary N) is 1. The summed E-state index contributed by atoms with van der Waals surface area (Å²) >= 11 is 0. The fourth-order valence-electron chi connectivity index (χ4n) is 2.87. The summed E-state index contributed by atoms with van der Waals surface area (Å²) in [5.74, 6) is 2.52. The van der Waals surface area contributed by atoms with Gasteiger partial charge in [0, 0.05) is 5.39 Å². The summed E-state index contributed by atoms with van der Waals surface area (Å²) in [6, 6.07) is 21.6. The van der Waals surface area contributed by atoms with Gasteiger partial charge < -0.3 is 14.5 Å². The number of ether oxygens (including phenoxy) is 1. The molecular formula is C23H17N3O3. The van der Waals surface area contributed by atoms with Gasteiger partial charge in [0.15, 0.2) is 0 Å². The second-order valence-electron chi connectivity index (χ2n) is 6.48. The molecule has 6 heteroatoms. The fraction of sp³-hybridized carbons (Fsp3) is 0.0870. The standard InChI is InChI=1S/C23H17N3O3/c1-15-2-6-20(28-15)14-25-23(27)22-10-5-17-12-19(9-11-21(17)26-22)29-18-7-3-16(13-24)4-8-18/h2-12H,14H2,1H3,(H,25,27). The van der Waals surface area contributed by atoms with Gasteiger partial charge in [0.05, 0.1) is 23.7 Å². The summed E-state index contributed by atoms with van der Waals surface area (Å²) in [4.78, 5) is 16.8. The smallest absolute Gasteiger partial charge is 0.270 e. The maximum atomic E-state index is 12.4. The average Bonchev–Trinajstić information content (AvgIpc) is 3.17. The Morgan fingerprint density at radius 2 is 1.86 bits per heavy atom. The van der Waals surface area contributed by atoms with Gasteiger partial charge in [-0.25, -0.2) is 4.98 Å². The molecule has 0 bridgehead atoms. The highest BCUT2D eigenvalue weighted by Gasteiger charge is 2.10. The van der Waals surface area contributed by atoms with Crippen LogP contribution in [0.15, 0.2) is 71.1 Å². The lowest BCUT2D eigenvalue weighted by Gasteiger charge is -2.08. The number of fused-ring (bicyclic) bond motifs is 1. The first-order valence-electron chi connectivity index (χ1n) is 9.03. The fourth-order valence-corrected chi connectivity index (χ4v) is 2.87. The lowest BCUT2D eigenvalue weighted by molar-refractivity contribution is 0.0943. The molecule has 0 spiro atoms. The first-order chi connectivity index (χ1) is 14.1. The van der Waals surface area contributed by atoms with Crippen LogP contribution in [0.5, 0.6) is 11.5 Å². The second kappa shape index (κ2) is 7.87. The first-order valence-corrected chi connectivity index (χ1v) is 9.03. The Morgan fingerprint density at radius 3 is 2.59 bits per heavy atom. The molecule has 2 aromatic carbocycles. The largest absolute Gasteiger partial charge is 0.465 e. The van der Waals surface area contributed by atoms with Gasteiger partial charge in [0.25, 0.3) is 5.91 Å². The molecule has 4 rings (SSSR count). The highest BCUT2D eigenvalue weighted by Crippen LogP contribution is 2.25. The molecule has 6 nitrogen and oxygen atoms in total. The summed E-state index contributed by atoms with van der Waals surface area (Å²) < 4.78 is 11.3. The van der Waals surface area contributed by atoms with Gasteiger partial charge in [0.2, 0.25) is 0 Å². The first kappa shape index (κ1) is 18.3. The summed E-state index contributed by atoms with van der Waals surface area (Å²) in [5.41, 5.74) is 1.60. The molecular weight excluding hydrogens is 366 g/mol. The van der Waals surface area contributed by atoms with Crippen LogP contribution in [0.25, 0.3) is 10.9 Å². The molecule has 4 aromatic rings. The van der Waals surface area contributed by atoms with Crippen molar-refractivity contribution in [3.63, 3.8) is 0 Å². The Bertz CT molecular complexity index is 1220. The number of nitriles is 1. The van der Waals surface area contributed by atoms with E-state index in [1.54, 1.807) is 42.5 Å². The molecule has 0 fully saturated rings. The molecule has 0 aliphatic rings. The maximum absolute atomic E-state index is 12.4. The van der Waals surface area contributed by atoms with Crippen molar-refractivity contribution in [2.45, 2.75) is 13.5 Å². The predicted molar refractivity (Wildman–Crippen MR) is 108 cm³/mol. The molecule has 1 N–H and O–H groups in total. The van der Waals surface area contributed by atoms with Crippen LogP contribution in [0.1, 0.15) is 27.6 Å². The van der Waals surface area contributed by atoms with Crippen molar-refractivity contribution in [1.82, 2.24) is 10.3 Å². The SMILES string of the molecule is Cc1ccc(CNC(=O)c2ccc3cc(Oc4ccc(C#N)cc4)ccc3n2)o1. The van der Waals surface area contributed by atoms with Gasteiger partial charge in [-0.15, -0.1) is 0 Å². The van der Waals surface area contributed by atoms with Crippen LogP contribution in [0.2, 0.25) is 0 Å². The lowest BCUT2D eigenvalue weighted by Crippen LogP contribution is -2.23. The third-order valence-corrected chi connectivity index (χ3v) is 4.33. The van der Waals surface area contributed by atoms with Gasteiger partial charge in [-0.2, -0.15) is 5.26 Å². The van der Waals surface area contributed by atoms with E-state index in [0.29, 0.717) is 40.6 Å². The summed E-state index contributed by atoms with van der Waals surface area (Å²) in [6.07, 6.45) is 0. The van der Waals surface area contributed by atoms with E-state index in [2.05, 4.69) is 16.4 Å². The van der Waals surface area contributed by atoms with Gasteiger partial charge in [-0.1, -0.05) is 6.07 Å². The zero-order chi connectivity index (χ0) is 20.2. The minimum Gasteiger partial charge on any atom is -0.465 e. The van der Waals surface area contributed by atoms with E-state index in [4.69, 9.17) is 14.4 Å². The molecule has 0 aliphatic heterocycles. The summed E-state index contributed by atoms with van der Waals surface area (Å²) in [7, 11) is 0. The van der Waals surface area contributed by atoms with Crippen molar-refractivity contribution < 1.29 is 13.9 Å². The van der Waals surface area contributed by atoms with Crippen molar-refractivity contribution in [3.05, 3.63) is 89.5 Å². The van der Waals surface area contributed by atoms with Crippen LogP contribution < -0.4 is 10.1 Å². The minimum absolute atomic E-state index is 0.265. The Balaban J connectivity index is 1.47. The number of benzene rings is 2. The van der Waals surface area contributed by atoms with Gasteiger partial charge >= 0.3 is 0 Å². The number of rotatable bonds is 5. The molecule has 0 aliphatic carbocycles. The zero-order valence-corrected chi connectivity index (χ0v) is 15.7. The number of aromatic nitrogens is 1. The van der Waals surface area contributed by atoms with Crippen molar-refractivity contribution in [2.24, 2.45) is 0 Å². The van der Waals surface area contributed by atoms with Crippen LogP contribution >= 0.6 is 0 Å². The van der Waals surface area contributed by atoms with Crippen LogP contribution in [0.4, 0.5) is 0 Å². The van der Waals surface area contributed by atoms with Crippen molar-refractivity contribution >= 4 is 16.8 Å². The van der Waals surface area contributed by atoms with E-state index in [1.807, 2.05) is 31.2 Å². The summed E-state index contributed by atoms with van der Waals surface area (Å²) in [6.45, 7) is 2.17. The number of furan rings is 1. The van der Waals surface area contributed by atoms with Gasteiger partial charge in [-0.3, -0.25) is 4.79 Å². The van der Waals surface area contributed by atoms with Crippen LogP contribution in [0, 0.1) is 18.3 Å². The van der Waals surface area contributed by atoms with Crippen LogP contribution in [-0.2, 0) is 6.54 Å². The molecule has 0 unspecified atom stereocenters. The number of nitrogens with zero attached hydrogens (tertiary/aromatic N) is 2.